The van der Waals surface area contributed by atoms with E-state index in [4.69, 9.17) is 0 Å². The van der Waals surface area contributed by atoms with E-state index in [9.17, 15) is 14.4 Å². The van der Waals surface area contributed by atoms with Crippen LogP contribution in [0.15, 0.2) is 43.0 Å². The summed E-state index contributed by atoms with van der Waals surface area (Å²) in [5, 5.41) is 2.75. The summed E-state index contributed by atoms with van der Waals surface area (Å²) in [6.45, 7) is 5.46. The summed E-state index contributed by atoms with van der Waals surface area (Å²) < 4.78 is 0. The molecule has 3 rings (SSSR count). The predicted octanol–water partition coefficient (Wildman–Crippen LogP) is 1.93. The lowest BCUT2D eigenvalue weighted by Crippen LogP contribution is -2.47. The second-order valence-electron chi connectivity index (χ2n) is 6.43. The minimum atomic E-state index is -0.868. The minimum Gasteiger partial charge on any atom is -0.323 e. The van der Waals surface area contributed by atoms with E-state index in [-0.39, 0.29) is 24.3 Å². The van der Waals surface area contributed by atoms with E-state index in [1.807, 2.05) is 30.3 Å². The van der Waals surface area contributed by atoms with Crippen LogP contribution in [0, 0.1) is 5.92 Å². The van der Waals surface area contributed by atoms with Crippen molar-refractivity contribution >= 4 is 23.5 Å². The Labute approximate surface area is 141 Å². The van der Waals surface area contributed by atoms with Crippen LogP contribution in [0.25, 0.3) is 0 Å². The average molecular weight is 327 g/mol. The Kier molecular flexibility index (Phi) is 4.13. The summed E-state index contributed by atoms with van der Waals surface area (Å²) in [7, 11) is 0. The average Bonchev–Trinajstić information content (AvgIpc) is 3.39. The Morgan fingerprint density at radius 3 is 2.62 bits per heavy atom. The lowest BCUT2D eigenvalue weighted by atomic mass is 9.96. The van der Waals surface area contributed by atoms with Crippen LogP contribution in [0.1, 0.15) is 19.8 Å². The maximum absolute atomic E-state index is 12.7. The number of benzene rings is 1. The van der Waals surface area contributed by atoms with Gasteiger partial charge in [0.1, 0.15) is 12.1 Å². The van der Waals surface area contributed by atoms with Gasteiger partial charge in [-0.15, -0.1) is 6.58 Å². The molecule has 1 N–H and O–H groups in total. The van der Waals surface area contributed by atoms with Gasteiger partial charge in [-0.05, 0) is 37.8 Å². The summed E-state index contributed by atoms with van der Waals surface area (Å²) in [5.74, 6) is -0.452. The smallest absolute Gasteiger partial charge is 0.323 e. The summed E-state index contributed by atoms with van der Waals surface area (Å²) in [4.78, 5) is 40.0. The lowest BCUT2D eigenvalue weighted by molar-refractivity contribution is -0.134. The third-order valence-electron chi connectivity index (χ3n) is 4.67. The molecule has 2 aliphatic rings. The first-order valence-electron chi connectivity index (χ1n) is 8.08. The molecule has 1 saturated carbocycles. The van der Waals surface area contributed by atoms with Gasteiger partial charge in [0.2, 0.25) is 5.91 Å². The second kappa shape index (κ2) is 6.11. The number of hydrogen-bond donors (Lipinski definition) is 1. The van der Waals surface area contributed by atoms with E-state index in [1.54, 1.807) is 13.0 Å². The fourth-order valence-corrected chi connectivity index (χ4v) is 3.11. The topological polar surface area (TPSA) is 69.7 Å². The highest BCUT2D eigenvalue weighted by atomic mass is 16.2. The van der Waals surface area contributed by atoms with Crippen LogP contribution < -0.4 is 10.2 Å². The van der Waals surface area contributed by atoms with Gasteiger partial charge in [0.25, 0.3) is 5.91 Å². The first-order chi connectivity index (χ1) is 11.5. The number of carbonyl (C=O) groups excluding carboxylic acids is 3. The molecule has 1 aliphatic heterocycles. The van der Waals surface area contributed by atoms with Crippen molar-refractivity contribution in [2.24, 2.45) is 5.92 Å². The third-order valence-corrected chi connectivity index (χ3v) is 4.67. The van der Waals surface area contributed by atoms with Crippen LogP contribution in [-0.2, 0) is 9.59 Å². The number of hydrogen-bond acceptors (Lipinski definition) is 3. The molecule has 1 heterocycles. The second-order valence-corrected chi connectivity index (χ2v) is 6.43. The van der Waals surface area contributed by atoms with Crippen LogP contribution in [0.5, 0.6) is 0 Å². The number of amides is 4. The van der Waals surface area contributed by atoms with Crippen molar-refractivity contribution in [2.45, 2.75) is 25.3 Å². The fraction of sp³-hybridized carbons (Fsp3) is 0.389. The molecular weight excluding hydrogens is 306 g/mol. The molecule has 0 spiro atoms. The molecular formula is C18H21N3O3. The van der Waals surface area contributed by atoms with Crippen molar-refractivity contribution in [1.82, 2.24) is 10.2 Å². The number of imide groups is 1. The Morgan fingerprint density at radius 2 is 2.04 bits per heavy atom. The molecule has 1 aromatic carbocycles. The number of nitrogens with one attached hydrogen (secondary N) is 1. The molecule has 6 heteroatoms. The molecule has 0 radical (unpaired) electrons. The van der Waals surface area contributed by atoms with E-state index in [0.717, 1.165) is 17.7 Å². The van der Waals surface area contributed by atoms with Gasteiger partial charge in [-0.1, -0.05) is 24.3 Å². The van der Waals surface area contributed by atoms with E-state index >= 15 is 0 Å². The van der Waals surface area contributed by atoms with Crippen LogP contribution in [0.3, 0.4) is 0 Å². The normalized spacial score (nSPS) is 23.1. The van der Waals surface area contributed by atoms with Gasteiger partial charge in [0.05, 0.1) is 0 Å². The number of urea groups is 1. The molecule has 24 heavy (non-hydrogen) atoms. The van der Waals surface area contributed by atoms with Crippen LogP contribution in [0.4, 0.5) is 10.5 Å². The van der Waals surface area contributed by atoms with Crippen molar-refractivity contribution in [3.05, 3.63) is 43.0 Å². The highest BCUT2D eigenvalue weighted by molar-refractivity contribution is 6.10. The maximum atomic E-state index is 12.7. The highest BCUT2D eigenvalue weighted by Crippen LogP contribution is 2.42. The van der Waals surface area contributed by atoms with Crippen LogP contribution in [-0.4, -0.2) is 41.4 Å². The number of anilines is 1. The largest absolute Gasteiger partial charge is 0.325 e. The van der Waals surface area contributed by atoms with Crippen molar-refractivity contribution < 1.29 is 14.4 Å². The summed E-state index contributed by atoms with van der Waals surface area (Å²) in [5.41, 5.74) is -0.160. The van der Waals surface area contributed by atoms with Gasteiger partial charge in [-0.2, -0.15) is 0 Å². The number of carbonyl (C=O) groups is 3. The van der Waals surface area contributed by atoms with E-state index in [0.29, 0.717) is 12.2 Å². The monoisotopic (exact) mass is 327 g/mol. The van der Waals surface area contributed by atoms with Gasteiger partial charge in [0.15, 0.2) is 0 Å². The number of nitrogens with zero attached hydrogens (tertiary/aromatic N) is 2. The molecule has 6 nitrogen and oxygen atoms in total. The SMILES string of the molecule is C=CCN(C(=O)CN1C(=O)NC(C)(C2CC2)C1=O)c1ccccc1. The third kappa shape index (κ3) is 2.79. The highest BCUT2D eigenvalue weighted by Gasteiger charge is 2.56. The molecule has 0 bridgehead atoms. The van der Waals surface area contributed by atoms with Gasteiger partial charge in [-0.3, -0.25) is 14.5 Å². The Hall–Kier alpha value is -2.63. The van der Waals surface area contributed by atoms with Crippen molar-refractivity contribution in [3.63, 3.8) is 0 Å². The Balaban J connectivity index is 1.76. The fourth-order valence-electron chi connectivity index (χ4n) is 3.11. The minimum absolute atomic E-state index is 0.174. The van der Waals surface area contributed by atoms with Crippen molar-refractivity contribution in [3.8, 4) is 0 Å². The number of rotatable bonds is 6. The summed E-state index contributed by atoms with van der Waals surface area (Å²) >= 11 is 0. The molecule has 4 amide bonds. The molecule has 1 aromatic rings. The summed E-state index contributed by atoms with van der Waals surface area (Å²) in [6.07, 6.45) is 3.47. The van der Waals surface area contributed by atoms with Gasteiger partial charge >= 0.3 is 6.03 Å². The Morgan fingerprint density at radius 1 is 1.38 bits per heavy atom. The zero-order valence-corrected chi connectivity index (χ0v) is 13.7. The zero-order valence-electron chi connectivity index (χ0n) is 13.7. The summed E-state index contributed by atoms with van der Waals surface area (Å²) in [6, 6.07) is 8.64. The molecule has 2 fully saturated rings. The molecule has 0 aromatic heterocycles. The van der Waals surface area contributed by atoms with Crippen LogP contribution >= 0.6 is 0 Å². The molecule has 126 valence electrons. The molecule has 1 atom stereocenters. The van der Waals surface area contributed by atoms with Gasteiger partial charge in [0, 0.05) is 12.2 Å². The Bertz CT molecular complexity index is 684. The predicted molar refractivity (Wildman–Crippen MR) is 90.4 cm³/mol. The van der Waals surface area contributed by atoms with Crippen molar-refractivity contribution in [1.29, 1.82) is 0 Å². The van der Waals surface area contributed by atoms with E-state index in [1.165, 1.54) is 4.90 Å². The molecule has 1 saturated heterocycles. The van der Waals surface area contributed by atoms with E-state index in [2.05, 4.69) is 11.9 Å². The number of para-hydroxylation sites is 1. The first-order valence-corrected chi connectivity index (χ1v) is 8.08. The lowest BCUT2D eigenvalue weighted by Gasteiger charge is -2.24. The van der Waals surface area contributed by atoms with Gasteiger partial charge < -0.3 is 10.2 Å². The van der Waals surface area contributed by atoms with Gasteiger partial charge in [-0.25, -0.2) is 4.79 Å². The molecule has 1 unspecified atom stereocenters. The quantitative estimate of drug-likeness (QED) is 0.641. The first kappa shape index (κ1) is 16.2. The van der Waals surface area contributed by atoms with Crippen molar-refractivity contribution in [2.75, 3.05) is 18.0 Å². The maximum Gasteiger partial charge on any atom is 0.325 e. The van der Waals surface area contributed by atoms with Crippen LogP contribution in [0.2, 0.25) is 0 Å². The van der Waals surface area contributed by atoms with E-state index < -0.39 is 11.6 Å². The zero-order chi connectivity index (χ0) is 17.3. The standard InChI is InChI=1S/C18H21N3O3/c1-3-11-20(14-7-5-4-6-8-14)15(22)12-21-16(23)18(2,13-9-10-13)19-17(21)24/h3-8,13H,1,9-12H2,2H3,(H,19,24). The molecule has 1 aliphatic carbocycles.